The lowest BCUT2D eigenvalue weighted by atomic mass is 10.1. The summed E-state index contributed by atoms with van der Waals surface area (Å²) in [6, 6.07) is 15.2. The van der Waals surface area contributed by atoms with Gasteiger partial charge in [-0.2, -0.15) is 0 Å². The molecule has 1 aliphatic rings. The highest BCUT2D eigenvalue weighted by Gasteiger charge is 2.44. The number of ether oxygens (including phenoxy) is 1. The lowest BCUT2D eigenvalue weighted by Gasteiger charge is -2.25. The van der Waals surface area contributed by atoms with Gasteiger partial charge in [-0.25, -0.2) is 0 Å². The van der Waals surface area contributed by atoms with Crippen LogP contribution in [0.2, 0.25) is 6.04 Å². The zero-order chi connectivity index (χ0) is 19.4. The van der Waals surface area contributed by atoms with Gasteiger partial charge in [0.25, 0.3) is 0 Å². The van der Waals surface area contributed by atoms with Crippen LogP contribution in [0.5, 0.6) is 5.75 Å². The second-order valence-corrected chi connectivity index (χ2v) is 10.1. The van der Waals surface area contributed by atoms with E-state index in [1.807, 2.05) is 12.1 Å². The van der Waals surface area contributed by atoms with E-state index in [0.29, 0.717) is 24.6 Å². The first-order valence-electron chi connectivity index (χ1n) is 9.16. The van der Waals surface area contributed by atoms with E-state index in [1.165, 1.54) is 22.3 Å². The van der Waals surface area contributed by atoms with Crippen LogP contribution in [0, 0.1) is 0 Å². The van der Waals surface area contributed by atoms with Crippen LogP contribution in [-0.4, -0.2) is 34.8 Å². The summed E-state index contributed by atoms with van der Waals surface area (Å²) in [5.41, 5.74) is 5.58. The van der Waals surface area contributed by atoms with Crippen molar-refractivity contribution in [2.75, 3.05) is 20.8 Å². The van der Waals surface area contributed by atoms with Crippen LogP contribution >= 0.6 is 0 Å². The maximum atomic E-state index is 12.4. The highest BCUT2D eigenvalue weighted by molar-refractivity contribution is 6.99. The highest BCUT2D eigenvalue weighted by atomic mass is 28.4. The van der Waals surface area contributed by atoms with E-state index in [1.54, 1.807) is 21.1 Å². The van der Waals surface area contributed by atoms with Crippen LogP contribution in [0.25, 0.3) is 11.1 Å². The molecule has 0 saturated carbocycles. The van der Waals surface area contributed by atoms with Gasteiger partial charge in [-0.1, -0.05) is 43.0 Å². The largest absolute Gasteiger partial charge is 0.493 e. The molecule has 0 atom stereocenters. The number of carbonyl (C=O) groups excluding carboxylic acids is 1. The van der Waals surface area contributed by atoms with Gasteiger partial charge in [0.1, 0.15) is 5.75 Å². The van der Waals surface area contributed by atoms with Crippen molar-refractivity contribution >= 4 is 14.0 Å². The molecule has 1 aliphatic carbocycles. The van der Waals surface area contributed by atoms with Crippen molar-refractivity contribution in [3.05, 3.63) is 65.7 Å². The third kappa shape index (κ3) is 3.76. The lowest BCUT2D eigenvalue weighted by Crippen LogP contribution is -2.49. The molecule has 142 valence electrons. The Labute approximate surface area is 162 Å². The van der Waals surface area contributed by atoms with Gasteiger partial charge in [0.05, 0.1) is 6.61 Å². The third-order valence-electron chi connectivity index (χ3n) is 5.11. The van der Waals surface area contributed by atoms with Crippen LogP contribution in [-0.2, 0) is 20.1 Å². The van der Waals surface area contributed by atoms with E-state index in [-0.39, 0.29) is 5.41 Å². The van der Waals surface area contributed by atoms with Crippen LogP contribution in [0.4, 0.5) is 0 Å². The number of benzene rings is 2. The predicted octanol–water partition coefficient (Wildman–Crippen LogP) is 4.45. The summed E-state index contributed by atoms with van der Waals surface area (Å²) in [5, 5.41) is -0.0939. The summed E-state index contributed by atoms with van der Waals surface area (Å²) in [4.78, 5) is 12.4. The van der Waals surface area contributed by atoms with Gasteiger partial charge in [0.2, 0.25) is 0 Å². The van der Waals surface area contributed by atoms with E-state index in [4.69, 9.17) is 13.6 Å². The minimum Gasteiger partial charge on any atom is -0.493 e. The van der Waals surface area contributed by atoms with Crippen molar-refractivity contribution in [3.8, 4) is 16.9 Å². The van der Waals surface area contributed by atoms with Crippen molar-refractivity contribution < 1.29 is 18.4 Å². The number of carbonyl (C=O) groups is 1. The Balaban J connectivity index is 1.65. The number of fused-ring (bicyclic) bond motifs is 3. The van der Waals surface area contributed by atoms with Gasteiger partial charge >= 0.3 is 8.56 Å². The maximum absolute atomic E-state index is 12.4. The van der Waals surface area contributed by atoms with Crippen molar-refractivity contribution in [1.82, 2.24) is 0 Å². The average molecular weight is 383 g/mol. The minimum absolute atomic E-state index is 0.0939. The van der Waals surface area contributed by atoms with Gasteiger partial charge in [0, 0.05) is 32.2 Å². The molecule has 4 nitrogen and oxygen atoms in total. The molecule has 0 spiro atoms. The number of hydrogen-bond donors (Lipinski definition) is 0. The molecule has 0 amide bonds. The van der Waals surface area contributed by atoms with Crippen LogP contribution in [0.15, 0.2) is 54.6 Å². The standard InChI is InChI=1S/C22H26O4Si/c1-16(2)22(23)27(24-3,25-4)14-8-13-26-21-12-7-11-19-18-10-6-5-9-17(18)15-20(19)21/h5-7,9-12H,1,8,13-15H2,2-4H3. The van der Waals surface area contributed by atoms with E-state index in [2.05, 4.69) is 36.9 Å². The first kappa shape index (κ1) is 19.5. The summed E-state index contributed by atoms with van der Waals surface area (Å²) in [5.74, 6) is 0.914. The average Bonchev–Trinajstić information content (AvgIpc) is 3.07. The molecule has 0 unspecified atom stereocenters. The Hall–Kier alpha value is -2.21. The zero-order valence-corrected chi connectivity index (χ0v) is 17.2. The Morgan fingerprint density at radius 1 is 1.07 bits per heavy atom. The first-order chi connectivity index (χ1) is 13.0. The predicted molar refractivity (Wildman–Crippen MR) is 109 cm³/mol. The van der Waals surface area contributed by atoms with Crippen molar-refractivity contribution in [1.29, 1.82) is 0 Å². The molecule has 27 heavy (non-hydrogen) atoms. The molecular formula is C22H26O4Si. The van der Waals surface area contributed by atoms with Gasteiger partial charge in [-0.05, 0) is 41.7 Å². The molecule has 0 saturated heterocycles. The summed E-state index contributed by atoms with van der Waals surface area (Å²) in [7, 11) is 0.142. The molecular weight excluding hydrogens is 356 g/mol. The normalized spacial score (nSPS) is 12.4. The van der Waals surface area contributed by atoms with Gasteiger partial charge in [-0.3, -0.25) is 4.79 Å². The molecule has 0 N–H and O–H groups in total. The molecule has 0 heterocycles. The highest BCUT2D eigenvalue weighted by Crippen LogP contribution is 2.41. The molecule has 0 bridgehead atoms. The minimum atomic E-state index is -2.94. The second kappa shape index (κ2) is 8.21. The molecule has 0 aliphatic heterocycles. The van der Waals surface area contributed by atoms with Crippen molar-refractivity contribution in [2.24, 2.45) is 0 Å². The monoisotopic (exact) mass is 382 g/mol. The molecule has 0 radical (unpaired) electrons. The van der Waals surface area contributed by atoms with E-state index in [0.717, 1.165) is 12.2 Å². The Morgan fingerprint density at radius 2 is 1.78 bits per heavy atom. The van der Waals surface area contributed by atoms with Crippen molar-refractivity contribution in [2.45, 2.75) is 25.8 Å². The Bertz CT molecular complexity index is 855. The van der Waals surface area contributed by atoms with E-state index in [9.17, 15) is 4.79 Å². The molecule has 2 aromatic rings. The SMILES string of the molecule is C=C(C)C(=O)[Si](CCCOc1cccc2c1Cc1ccccc1-2)(OC)OC. The van der Waals surface area contributed by atoms with Crippen LogP contribution in [0.1, 0.15) is 24.5 Å². The van der Waals surface area contributed by atoms with Gasteiger partial charge in [0.15, 0.2) is 5.41 Å². The fourth-order valence-corrected chi connectivity index (χ4v) is 6.09. The fraction of sp³-hybridized carbons (Fsp3) is 0.318. The number of hydrogen-bond acceptors (Lipinski definition) is 4. The number of rotatable bonds is 9. The first-order valence-corrected chi connectivity index (χ1v) is 11.2. The molecule has 0 fully saturated rings. The third-order valence-corrected chi connectivity index (χ3v) is 8.56. The molecule has 2 aromatic carbocycles. The molecule has 3 rings (SSSR count). The lowest BCUT2D eigenvalue weighted by molar-refractivity contribution is -0.112. The van der Waals surface area contributed by atoms with Crippen LogP contribution < -0.4 is 4.74 Å². The van der Waals surface area contributed by atoms with Gasteiger partial charge in [-0.15, -0.1) is 0 Å². The van der Waals surface area contributed by atoms with E-state index < -0.39 is 8.56 Å². The summed E-state index contributed by atoms with van der Waals surface area (Å²) >= 11 is 0. The van der Waals surface area contributed by atoms with Gasteiger partial charge < -0.3 is 13.6 Å². The topological polar surface area (TPSA) is 44.8 Å². The summed E-state index contributed by atoms with van der Waals surface area (Å²) in [6.45, 7) is 5.96. The summed E-state index contributed by atoms with van der Waals surface area (Å²) in [6.07, 6.45) is 1.58. The second-order valence-electron chi connectivity index (χ2n) is 6.84. The van der Waals surface area contributed by atoms with Crippen molar-refractivity contribution in [3.63, 3.8) is 0 Å². The van der Waals surface area contributed by atoms with Crippen LogP contribution in [0.3, 0.4) is 0 Å². The maximum Gasteiger partial charge on any atom is 0.415 e. The smallest absolute Gasteiger partial charge is 0.415 e. The molecule has 0 aromatic heterocycles. The summed E-state index contributed by atoms with van der Waals surface area (Å²) < 4.78 is 17.1. The Morgan fingerprint density at radius 3 is 2.48 bits per heavy atom. The Kier molecular flexibility index (Phi) is 5.94. The quantitative estimate of drug-likeness (QED) is 0.312. The zero-order valence-electron chi connectivity index (χ0n) is 16.2. The number of allylic oxidation sites excluding steroid dienone is 1. The van der Waals surface area contributed by atoms with E-state index >= 15 is 0 Å². The fourth-order valence-electron chi connectivity index (χ4n) is 3.66. The molecule has 5 heteroatoms.